The normalized spacial score (nSPS) is 17.5. The molecule has 9 rings (SSSR count). The van der Waals surface area contributed by atoms with Crippen LogP contribution in [-0.4, -0.2) is 4.57 Å². The minimum Gasteiger partial charge on any atom is -0.308 e. The fourth-order valence-corrected chi connectivity index (χ4v) is 8.40. The van der Waals surface area contributed by atoms with Crippen molar-refractivity contribution in [2.24, 2.45) is 5.92 Å². The first-order chi connectivity index (χ1) is 23.3. The van der Waals surface area contributed by atoms with Gasteiger partial charge in [-0.3, -0.25) is 0 Å². The Kier molecular flexibility index (Phi) is 6.78. The molecular formula is C46H37N. The summed E-state index contributed by atoms with van der Waals surface area (Å²) in [4.78, 5) is 0. The van der Waals surface area contributed by atoms with E-state index in [1.807, 2.05) is 0 Å². The van der Waals surface area contributed by atoms with Gasteiger partial charge in [0, 0.05) is 21.9 Å². The van der Waals surface area contributed by atoms with Gasteiger partial charge in [0.05, 0.1) is 16.7 Å². The molecule has 0 aliphatic heterocycles. The Morgan fingerprint density at radius 1 is 0.574 bits per heavy atom. The van der Waals surface area contributed by atoms with Crippen LogP contribution in [-0.2, 0) is 6.42 Å². The summed E-state index contributed by atoms with van der Waals surface area (Å²) >= 11 is 0. The Hall–Kier alpha value is -5.40. The molecule has 0 spiro atoms. The average Bonchev–Trinajstić information content (AvgIpc) is 3.41. The molecule has 2 atom stereocenters. The molecule has 0 N–H and O–H groups in total. The van der Waals surface area contributed by atoms with Crippen LogP contribution in [0, 0.1) is 5.92 Å². The Bertz CT molecular complexity index is 2280. The van der Waals surface area contributed by atoms with E-state index in [-0.39, 0.29) is 0 Å². The highest BCUT2D eigenvalue weighted by Gasteiger charge is 2.33. The first-order valence-electron chi connectivity index (χ1n) is 17.0. The van der Waals surface area contributed by atoms with E-state index in [9.17, 15) is 0 Å². The number of benzene rings is 6. The van der Waals surface area contributed by atoms with Gasteiger partial charge in [-0.25, -0.2) is 0 Å². The van der Waals surface area contributed by atoms with Crippen molar-refractivity contribution in [1.29, 1.82) is 0 Å². The smallest absolute Gasteiger partial charge is 0.0621 e. The molecule has 47 heavy (non-hydrogen) atoms. The molecule has 0 amide bonds. The third-order valence-corrected chi connectivity index (χ3v) is 10.6. The summed E-state index contributed by atoms with van der Waals surface area (Å²) in [6.45, 7) is 2.47. The monoisotopic (exact) mass is 603 g/mol. The summed E-state index contributed by atoms with van der Waals surface area (Å²) in [5.41, 5.74) is 16.2. The highest BCUT2D eigenvalue weighted by molar-refractivity contribution is 6.10. The third kappa shape index (κ3) is 4.61. The van der Waals surface area contributed by atoms with Crippen LogP contribution in [0.15, 0.2) is 163 Å². The molecule has 0 radical (unpaired) electrons. The number of rotatable bonds is 4. The van der Waals surface area contributed by atoms with E-state index in [4.69, 9.17) is 0 Å². The number of hydrogen-bond acceptors (Lipinski definition) is 0. The Balaban J connectivity index is 1.33. The molecule has 1 nitrogen and oxygen atoms in total. The van der Waals surface area contributed by atoms with Crippen LogP contribution >= 0.6 is 0 Å². The Morgan fingerprint density at radius 2 is 1.19 bits per heavy atom. The van der Waals surface area contributed by atoms with E-state index in [0.29, 0.717) is 11.8 Å². The van der Waals surface area contributed by atoms with Gasteiger partial charge >= 0.3 is 0 Å². The van der Waals surface area contributed by atoms with Gasteiger partial charge in [0.2, 0.25) is 0 Å². The van der Waals surface area contributed by atoms with Crippen LogP contribution in [0.1, 0.15) is 42.4 Å². The van der Waals surface area contributed by atoms with E-state index in [2.05, 4.69) is 169 Å². The quantitative estimate of drug-likeness (QED) is 0.189. The van der Waals surface area contributed by atoms with Crippen molar-refractivity contribution in [3.63, 3.8) is 0 Å². The van der Waals surface area contributed by atoms with Gasteiger partial charge in [0.15, 0.2) is 0 Å². The SMILES string of the molecule is CC1c2ccccc2-c2c(ccc(-c3ccccc3)c2-n2c3ccccc3c3ccccc32)CC1C1=CC(c2ccccc2)=CCC1. The van der Waals surface area contributed by atoms with Crippen LogP contribution in [0.3, 0.4) is 0 Å². The van der Waals surface area contributed by atoms with Gasteiger partial charge in [0.25, 0.3) is 0 Å². The number of hydrogen-bond donors (Lipinski definition) is 0. The average molecular weight is 604 g/mol. The first kappa shape index (κ1) is 27.9. The van der Waals surface area contributed by atoms with Gasteiger partial charge in [-0.1, -0.05) is 158 Å². The number of fused-ring (bicyclic) bond motifs is 6. The van der Waals surface area contributed by atoms with Crippen molar-refractivity contribution in [1.82, 2.24) is 4.57 Å². The van der Waals surface area contributed by atoms with Crippen molar-refractivity contribution in [2.75, 3.05) is 0 Å². The molecule has 0 fully saturated rings. The lowest BCUT2D eigenvalue weighted by Crippen LogP contribution is -2.16. The van der Waals surface area contributed by atoms with Gasteiger partial charge in [-0.15, -0.1) is 0 Å². The zero-order valence-corrected chi connectivity index (χ0v) is 26.7. The molecule has 1 heteroatoms. The number of para-hydroxylation sites is 2. The first-order valence-corrected chi connectivity index (χ1v) is 17.0. The van der Waals surface area contributed by atoms with Gasteiger partial charge < -0.3 is 4.57 Å². The lowest BCUT2D eigenvalue weighted by molar-refractivity contribution is 0.499. The summed E-state index contributed by atoms with van der Waals surface area (Å²) in [6.07, 6.45) is 8.16. The maximum atomic E-state index is 2.56. The molecule has 7 aromatic rings. The van der Waals surface area contributed by atoms with Crippen LogP contribution in [0.2, 0.25) is 0 Å². The van der Waals surface area contributed by atoms with Gasteiger partial charge in [0.1, 0.15) is 0 Å². The molecule has 0 saturated heterocycles. The molecule has 226 valence electrons. The van der Waals surface area contributed by atoms with Gasteiger partial charge in [-0.05, 0) is 76.6 Å². The molecule has 1 aromatic heterocycles. The molecule has 0 saturated carbocycles. The molecule has 2 aliphatic rings. The molecule has 0 bridgehead atoms. The van der Waals surface area contributed by atoms with Crippen molar-refractivity contribution in [3.05, 3.63) is 180 Å². The Labute approximate surface area is 277 Å². The van der Waals surface area contributed by atoms with E-state index in [1.54, 1.807) is 5.57 Å². The summed E-state index contributed by atoms with van der Waals surface area (Å²) in [5.74, 6) is 0.796. The third-order valence-electron chi connectivity index (χ3n) is 10.6. The van der Waals surface area contributed by atoms with E-state index >= 15 is 0 Å². The van der Waals surface area contributed by atoms with Crippen molar-refractivity contribution >= 4 is 27.4 Å². The molecule has 6 aromatic carbocycles. The van der Waals surface area contributed by atoms with Crippen molar-refractivity contribution in [2.45, 2.75) is 32.1 Å². The molecule has 2 unspecified atom stereocenters. The van der Waals surface area contributed by atoms with E-state index in [1.165, 1.54) is 72.0 Å². The minimum atomic E-state index is 0.381. The fraction of sp³-hybridized carbons (Fsp3) is 0.130. The van der Waals surface area contributed by atoms with Crippen LogP contribution in [0.25, 0.3) is 55.3 Å². The molecular weight excluding hydrogens is 567 g/mol. The second-order valence-electron chi connectivity index (χ2n) is 13.2. The standard InChI is InChI=1S/C46H37N/c1-31-37-21-8-9-24-41(37)45-36(30-42(31)35-20-14-19-34(29-35)32-15-4-2-5-16-32)27-28-38(33-17-6-3-7-18-33)46(45)47-43-25-12-10-22-39(43)40-23-11-13-26-44(40)47/h2-13,15-19,21-29,31,42H,14,20,30H2,1H3. The maximum absolute atomic E-state index is 2.56. The second kappa shape index (κ2) is 11.4. The summed E-state index contributed by atoms with van der Waals surface area (Å²) in [7, 11) is 0. The van der Waals surface area contributed by atoms with Crippen LogP contribution in [0.4, 0.5) is 0 Å². The predicted octanol–water partition coefficient (Wildman–Crippen LogP) is 12.2. The van der Waals surface area contributed by atoms with Crippen LogP contribution < -0.4 is 0 Å². The fourth-order valence-electron chi connectivity index (χ4n) is 8.40. The number of allylic oxidation sites excluding steroid dienone is 4. The largest absolute Gasteiger partial charge is 0.308 e. The Morgan fingerprint density at radius 3 is 1.91 bits per heavy atom. The summed E-state index contributed by atoms with van der Waals surface area (Å²) in [5, 5.41) is 2.58. The lowest BCUT2D eigenvalue weighted by atomic mass is 9.76. The molecule has 2 aliphatic carbocycles. The predicted molar refractivity (Wildman–Crippen MR) is 199 cm³/mol. The van der Waals surface area contributed by atoms with Crippen LogP contribution in [0.5, 0.6) is 0 Å². The van der Waals surface area contributed by atoms with E-state index in [0.717, 1.165) is 19.3 Å². The van der Waals surface area contributed by atoms with E-state index < -0.39 is 0 Å². The topological polar surface area (TPSA) is 4.93 Å². The number of aromatic nitrogens is 1. The summed E-state index contributed by atoms with van der Waals surface area (Å²) in [6, 6.07) is 53.8. The van der Waals surface area contributed by atoms with Crippen molar-refractivity contribution in [3.8, 4) is 27.9 Å². The highest BCUT2D eigenvalue weighted by atomic mass is 15.0. The summed E-state index contributed by atoms with van der Waals surface area (Å²) < 4.78 is 2.56. The second-order valence-corrected chi connectivity index (χ2v) is 13.2. The minimum absolute atomic E-state index is 0.381. The zero-order valence-electron chi connectivity index (χ0n) is 26.7. The maximum Gasteiger partial charge on any atom is 0.0621 e. The molecule has 1 heterocycles. The number of nitrogens with zero attached hydrogens (tertiary/aromatic N) is 1. The highest BCUT2D eigenvalue weighted by Crippen LogP contribution is 2.50. The van der Waals surface area contributed by atoms with Gasteiger partial charge in [-0.2, -0.15) is 0 Å². The zero-order chi connectivity index (χ0) is 31.3. The van der Waals surface area contributed by atoms with Crippen molar-refractivity contribution < 1.29 is 0 Å². The lowest BCUT2D eigenvalue weighted by Gasteiger charge is -2.28.